The van der Waals surface area contributed by atoms with Crippen LogP contribution < -0.4 is 5.32 Å². The van der Waals surface area contributed by atoms with Crippen LogP contribution >= 0.6 is 11.3 Å². The third-order valence-corrected chi connectivity index (χ3v) is 5.15. The SMILES string of the molecule is CCCN(CC1CCCN1)C(C)c1sccc1C. The van der Waals surface area contributed by atoms with Gasteiger partial charge in [0.15, 0.2) is 0 Å². The van der Waals surface area contributed by atoms with Crippen LogP contribution in [0.3, 0.4) is 0 Å². The zero-order valence-corrected chi connectivity index (χ0v) is 12.7. The molecule has 0 saturated carbocycles. The first-order chi connectivity index (χ1) is 8.72. The van der Waals surface area contributed by atoms with Crippen molar-refractivity contribution in [1.29, 1.82) is 0 Å². The van der Waals surface area contributed by atoms with Crippen molar-refractivity contribution in [3.63, 3.8) is 0 Å². The van der Waals surface area contributed by atoms with Crippen molar-refractivity contribution >= 4 is 11.3 Å². The van der Waals surface area contributed by atoms with Gasteiger partial charge in [-0.15, -0.1) is 11.3 Å². The van der Waals surface area contributed by atoms with Gasteiger partial charge in [0.05, 0.1) is 0 Å². The molecule has 2 rings (SSSR count). The van der Waals surface area contributed by atoms with Gasteiger partial charge in [-0.05, 0) is 63.2 Å². The first-order valence-corrected chi connectivity index (χ1v) is 8.11. The summed E-state index contributed by atoms with van der Waals surface area (Å²) < 4.78 is 0. The quantitative estimate of drug-likeness (QED) is 0.846. The molecule has 2 heterocycles. The molecule has 2 unspecified atom stereocenters. The summed E-state index contributed by atoms with van der Waals surface area (Å²) in [5, 5.41) is 5.84. The molecule has 1 aliphatic rings. The van der Waals surface area contributed by atoms with Gasteiger partial charge >= 0.3 is 0 Å². The second kappa shape index (κ2) is 6.69. The van der Waals surface area contributed by atoms with Crippen LogP contribution in [0.5, 0.6) is 0 Å². The van der Waals surface area contributed by atoms with Gasteiger partial charge < -0.3 is 5.32 Å². The largest absolute Gasteiger partial charge is 0.313 e. The number of aryl methyl sites for hydroxylation is 1. The highest BCUT2D eigenvalue weighted by molar-refractivity contribution is 7.10. The maximum absolute atomic E-state index is 3.62. The fourth-order valence-corrected chi connectivity index (χ4v) is 3.92. The zero-order chi connectivity index (χ0) is 13.0. The van der Waals surface area contributed by atoms with Crippen LogP contribution in [0.1, 0.15) is 49.6 Å². The predicted molar refractivity (Wildman–Crippen MR) is 80.4 cm³/mol. The second-order valence-corrected chi connectivity index (χ2v) is 6.38. The molecule has 0 aromatic carbocycles. The number of nitrogens with one attached hydrogen (secondary N) is 1. The molecule has 0 bridgehead atoms. The Hall–Kier alpha value is -0.380. The van der Waals surface area contributed by atoms with Crippen LogP contribution in [0.25, 0.3) is 0 Å². The molecule has 0 aliphatic carbocycles. The molecule has 0 radical (unpaired) electrons. The lowest BCUT2D eigenvalue weighted by molar-refractivity contribution is 0.194. The van der Waals surface area contributed by atoms with E-state index < -0.39 is 0 Å². The van der Waals surface area contributed by atoms with Crippen molar-refractivity contribution in [3.05, 3.63) is 21.9 Å². The van der Waals surface area contributed by atoms with Crippen LogP contribution in [0.4, 0.5) is 0 Å². The second-order valence-electron chi connectivity index (χ2n) is 5.43. The minimum absolute atomic E-state index is 0.562. The van der Waals surface area contributed by atoms with E-state index in [2.05, 4.69) is 42.4 Å². The molecule has 1 aromatic heterocycles. The Kier molecular flexibility index (Phi) is 5.22. The van der Waals surface area contributed by atoms with Crippen LogP contribution in [-0.4, -0.2) is 30.6 Å². The molecule has 102 valence electrons. The van der Waals surface area contributed by atoms with E-state index in [4.69, 9.17) is 0 Å². The third-order valence-electron chi connectivity index (χ3n) is 3.96. The Morgan fingerprint density at radius 1 is 1.56 bits per heavy atom. The molecule has 2 nitrogen and oxygen atoms in total. The highest BCUT2D eigenvalue weighted by Crippen LogP contribution is 2.29. The Morgan fingerprint density at radius 2 is 2.39 bits per heavy atom. The molecule has 1 fully saturated rings. The monoisotopic (exact) mass is 266 g/mol. The van der Waals surface area contributed by atoms with Gasteiger partial charge in [-0.2, -0.15) is 0 Å². The summed E-state index contributed by atoms with van der Waals surface area (Å²) >= 11 is 1.91. The van der Waals surface area contributed by atoms with Crippen molar-refractivity contribution in [1.82, 2.24) is 10.2 Å². The number of rotatable bonds is 6. The summed E-state index contributed by atoms with van der Waals surface area (Å²) in [7, 11) is 0. The van der Waals surface area contributed by atoms with Crippen molar-refractivity contribution < 1.29 is 0 Å². The fourth-order valence-electron chi connectivity index (χ4n) is 2.90. The van der Waals surface area contributed by atoms with Gasteiger partial charge in [-0.1, -0.05) is 6.92 Å². The number of thiophene rings is 1. The van der Waals surface area contributed by atoms with Crippen LogP contribution in [0, 0.1) is 6.92 Å². The topological polar surface area (TPSA) is 15.3 Å². The fraction of sp³-hybridized carbons (Fsp3) is 0.733. The molecule has 0 spiro atoms. The maximum atomic E-state index is 3.62. The molecule has 0 amide bonds. The minimum Gasteiger partial charge on any atom is -0.313 e. The molecule has 1 N–H and O–H groups in total. The molecular weight excluding hydrogens is 240 g/mol. The summed E-state index contributed by atoms with van der Waals surface area (Å²) in [5.74, 6) is 0. The van der Waals surface area contributed by atoms with E-state index in [-0.39, 0.29) is 0 Å². The smallest absolute Gasteiger partial charge is 0.0416 e. The molecule has 3 heteroatoms. The van der Waals surface area contributed by atoms with E-state index >= 15 is 0 Å². The Bertz CT molecular complexity index is 355. The van der Waals surface area contributed by atoms with E-state index in [9.17, 15) is 0 Å². The van der Waals surface area contributed by atoms with Crippen molar-refractivity contribution in [3.8, 4) is 0 Å². The number of hydrogen-bond acceptors (Lipinski definition) is 3. The predicted octanol–water partition coefficient (Wildman–Crippen LogP) is 3.58. The first-order valence-electron chi connectivity index (χ1n) is 7.23. The van der Waals surface area contributed by atoms with Crippen LogP contribution in [0.2, 0.25) is 0 Å². The van der Waals surface area contributed by atoms with E-state index in [1.165, 1.54) is 44.5 Å². The van der Waals surface area contributed by atoms with Crippen molar-refractivity contribution in [2.75, 3.05) is 19.6 Å². The van der Waals surface area contributed by atoms with Gasteiger partial charge in [0, 0.05) is 23.5 Å². The van der Waals surface area contributed by atoms with Crippen LogP contribution in [-0.2, 0) is 0 Å². The molecule has 18 heavy (non-hydrogen) atoms. The highest BCUT2D eigenvalue weighted by Gasteiger charge is 2.23. The molecule has 1 aromatic rings. The van der Waals surface area contributed by atoms with Gasteiger partial charge in [-0.3, -0.25) is 4.90 Å². The Balaban J connectivity index is 2.01. The van der Waals surface area contributed by atoms with Crippen molar-refractivity contribution in [2.24, 2.45) is 0 Å². The number of nitrogens with zero attached hydrogens (tertiary/aromatic N) is 1. The van der Waals surface area contributed by atoms with Gasteiger partial charge in [0.2, 0.25) is 0 Å². The summed E-state index contributed by atoms with van der Waals surface area (Å²) in [5.41, 5.74) is 1.45. The minimum atomic E-state index is 0.562. The number of hydrogen-bond donors (Lipinski definition) is 1. The molecule has 1 saturated heterocycles. The zero-order valence-electron chi connectivity index (χ0n) is 11.9. The maximum Gasteiger partial charge on any atom is 0.0416 e. The average molecular weight is 266 g/mol. The summed E-state index contributed by atoms with van der Waals surface area (Å²) in [6.45, 7) is 10.5. The van der Waals surface area contributed by atoms with E-state index in [1.54, 1.807) is 4.88 Å². The average Bonchev–Trinajstić information content (AvgIpc) is 2.99. The van der Waals surface area contributed by atoms with Crippen molar-refractivity contribution in [2.45, 2.75) is 52.1 Å². The van der Waals surface area contributed by atoms with Crippen LogP contribution in [0.15, 0.2) is 11.4 Å². The van der Waals surface area contributed by atoms with E-state index in [1.807, 2.05) is 11.3 Å². The molecule has 2 atom stereocenters. The molecular formula is C15H26N2S. The Morgan fingerprint density at radius 3 is 2.94 bits per heavy atom. The van der Waals surface area contributed by atoms with Gasteiger partial charge in [0.25, 0.3) is 0 Å². The van der Waals surface area contributed by atoms with E-state index in [0.29, 0.717) is 12.1 Å². The van der Waals surface area contributed by atoms with Gasteiger partial charge in [0.1, 0.15) is 0 Å². The normalized spacial score (nSPS) is 21.7. The lowest BCUT2D eigenvalue weighted by atomic mass is 10.1. The lowest BCUT2D eigenvalue weighted by Crippen LogP contribution is -2.39. The van der Waals surface area contributed by atoms with E-state index in [0.717, 1.165) is 0 Å². The standard InChI is InChI=1S/C15H26N2S/c1-4-9-17(11-14-6-5-8-16-14)13(3)15-12(2)7-10-18-15/h7,10,13-14,16H,4-6,8-9,11H2,1-3H3. The van der Waals surface area contributed by atoms with Gasteiger partial charge in [-0.25, -0.2) is 0 Å². The molecule has 1 aliphatic heterocycles. The Labute approximate surface area is 115 Å². The summed E-state index contributed by atoms with van der Waals surface area (Å²) in [4.78, 5) is 4.20. The highest BCUT2D eigenvalue weighted by atomic mass is 32.1. The summed E-state index contributed by atoms with van der Waals surface area (Å²) in [6.07, 6.45) is 3.93. The lowest BCUT2D eigenvalue weighted by Gasteiger charge is -2.31. The third kappa shape index (κ3) is 3.34. The first kappa shape index (κ1) is 14.0. The summed E-state index contributed by atoms with van der Waals surface area (Å²) in [6, 6.07) is 3.51.